The molecule has 4 aliphatic rings. The van der Waals surface area contributed by atoms with E-state index in [1.165, 1.54) is 26.0 Å². The summed E-state index contributed by atoms with van der Waals surface area (Å²) in [5.41, 5.74) is -4.65. The molecule has 1 N–H and O–H groups in total. The minimum Gasteiger partial charge on any atom is -0.457 e. The Bertz CT molecular complexity index is 1130. The zero-order valence-electron chi connectivity index (χ0n) is 21.7. The second kappa shape index (κ2) is 9.46. The predicted octanol–water partition coefficient (Wildman–Crippen LogP) is 1.17. The summed E-state index contributed by atoms with van der Waals surface area (Å²) in [6.45, 7) is 10.0. The first-order valence-corrected chi connectivity index (χ1v) is 12.7. The lowest BCUT2D eigenvalue weighted by molar-refractivity contribution is -0.319. The van der Waals surface area contributed by atoms with Crippen LogP contribution in [0, 0.1) is 17.3 Å². The first kappa shape index (κ1) is 28.3. The summed E-state index contributed by atoms with van der Waals surface area (Å²) >= 11 is 6.74. The molecule has 4 rings (SSSR count). The van der Waals surface area contributed by atoms with E-state index in [1.54, 1.807) is 6.92 Å². The number of hydrogen-bond donors (Lipinski definition) is 1. The topological polar surface area (TPSA) is 152 Å². The summed E-state index contributed by atoms with van der Waals surface area (Å²) in [5, 5.41) is 10.3. The van der Waals surface area contributed by atoms with Crippen LogP contribution in [0.5, 0.6) is 0 Å². The lowest BCUT2D eigenvalue weighted by Gasteiger charge is -2.63. The van der Waals surface area contributed by atoms with E-state index in [2.05, 4.69) is 6.58 Å². The van der Waals surface area contributed by atoms with Crippen molar-refractivity contribution in [1.29, 1.82) is 0 Å². The van der Waals surface area contributed by atoms with Gasteiger partial charge >= 0.3 is 23.9 Å². The van der Waals surface area contributed by atoms with Crippen molar-refractivity contribution >= 4 is 41.3 Å². The van der Waals surface area contributed by atoms with E-state index in [9.17, 15) is 29.1 Å². The first-order valence-electron chi connectivity index (χ1n) is 12.2. The Hall–Kier alpha value is -2.76. The van der Waals surface area contributed by atoms with Gasteiger partial charge in [0.15, 0.2) is 29.7 Å². The normalized spacial score (nSPS) is 43.7. The zero-order chi connectivity index (χ0) is 28.4. The van der Waals surface area contributed by atoms with Gasteiger partial charge in [-0.05, 0) is 26.3 Å². The predicted molar refractivity (Wildman–Crippen MR) is 128 cm³/mol. The maximum absolute atomic E-state index is 13.4. The molecule has 1 aliphatic carbocycles. The van der Waals surface area contributed by atoms with E-state index in [-0.39, 0.29) is 6.42 Å². The Balaban J connectivity index is 2.00. The average Bonchev–Trinajstić information content (AvgIpc) is 3.06. The Kier molecular flexibility index (Phi) is 7.03. The van der Waals surface area contributed by atoms with Crippen LogP contribution in [0.2, 0.25) is 0 Å². The van der Waals surface area contributed by atoms with E-state index in [0.717, 1.165) is 13.8 Å². The van der Waals surface area contributed by atoms with Gasteiger partial charge in [0.1, 0.15) is 6.10 Å². The number of esters is 4. The van der Waals surface area contributed by atoms with Crippen molar-refractivity contribution in [3.05, 3.63) is 24.3 Å². The van der Waals surface area contributed by atoms with Crippen LogP contribution in [0.1, 0.15) is 41.0 Å². The number of hydrogen-bond acceptors (Lipinski definition) is 11. The molecule has 3 saturated heterocycles. The van der Waals surface area contributed by atoms with Crippen molar-refractivity contribution in [3.63, 3.8) is 0 Å². The summed E-state index contributed by atoms with van der Waals surface area (Å²) in [6, 6.07) is 0. The van der Waals surface area contributed by atoms with Crippen LogP contribution >= 0.6 is 11.6 Å². The van der Waals surface area contributed by atoms with Crippen LogP contribution in [0.3, 0.4) is 0 Å². The fraction of sp³-hybridized carbons (Fsp3) is 0.654. The van der Waals surface area contributed by atoms with Gasteiger partial charge in [-0.15, -0.1) is 11.6 Å². The molecule has 3 fully saturated rings. The summed E-state index contributed by atoms with van der Waals surface area (Å²) in [7, 11) is 0. The van der Waals surface area contributed by atoms with Gasteiger partial charge in [-0.1, -0.05) is 25.2 Å². The summed E-state index contributed by atoms with van der Waals surface area (Å²) < 4.78 is 28.6. The molecule has 0 radical (unpaired) electrons. The smallest absolute Gasteiger partial charge is 0.344 e. The largest absolute Gasteiger partial charge is 0.457 e. The molecule has 3 heterocycles. The third kappa shape index (κ3) is 4.06. The number of alkyl halides is 1. The Morgan fingerprint density at radius 1 is 1.18 bits per heavy atom. The molecule has 0 aromatic heterocycles. The van der Waals surface area contributed by atoms with Crippen LogP contribution in [0.15, 0.2) is 24.3 Å². The Labute approximate surface area is 224 Å². The molecule has 10 unspecified atom stereocenters. The van der Waals surface area contributed by atoms with E-state index in [4.69, 9.17) is 35.3 Å². The molecule has 0 aromatic rings. The summed E-state index contributed by atoms with van der Waals surface area (Å²) in [6.07, 6.45) is -2.28. The van der Waals surface area contributed by atoms with Crippen LogP contribution < -0.4 is 0 Å². The van der Waals surface area contributed by atoms with Gasteiger partial charge in [-0.2, -0.15) is 0 Å². The number of halogens is 1. The van der Waals surface area contributed by atoms with Crippen LogP contribution in [0.25, 0.3) is 0 Å². The van der Waals surface area contributed by atoms with Crippen molar-refractivity contribution < 1.29 is 52.8 Å². The van der Waals surface area contributed by atoms with Gasteiger partial charge in [0.25, 0.3) is 0 Å². The van der Waals surface area contributed by atoms with Crippen LogP contribution in [-0.4, -0.2) is 82.4 Å². The van der Waals surface area contributed by atoms with Gasteiger partial charge < -0.3 is 28.8 Å². The molecule has 0 aromatic carbocycles. The van der Waals surface area contributed by atoms with Crippen molar-refractivity contribution in [3.8, 4) is 0 Å². The number of aliphatic hydroxyl groups excluding tert-OH is 1. The number of ketones is 1. The van der Waals surface area contributed by atoms with Gasteiger partial charge in [0.2, 0.25) is 0 Å². The number of fused-ring (bicyclic) bond motifs is 3. The molecule has 10 atom stereocenters. The molecule has 0 saturated carbocycles. The molecular weight excluding hydrogens is 524 g/mol. The summed E-state index contributed by atoms with van der Waals surface area (Å²) in [5.74, 6) is -6.11. The minimum absolute atomic E-state index is 0.0113. The number of rotatable bonds is 4. The van der Waals surface area contributed by atoms with Gasteiger partial charge in [0.05, 0.1) is 29.4 Å². The molecule has 0 amide bonds. The van der Waals surface area contributed by atoms with E-state index in [0.29, 0.717) is 5.57 Å². The number of ether oxygens (including phenoxy) is 5. The van der Waals surface area contributed by atoms with Crippen molar-refractivity contribution in [2.45, 2.75) is 82.0 Å². The van der Waals surface area contributed by atoms with Crippen LogP contribution in [-0.2, 0) is 47.7 Å². The highest BCUT2D eigenvalue weighted by atomic mass is 35.5. The van der Waals surface area contributed by atoms with E-state index in [1.807, 2.05) is 0 Å². The van der Waals surface area contributed by atoms with E-state index < -0.39 is 94.5 Å². The Morgan fingerprint density at radius 3 is 2.45 bits per heavy atom. The molecule has 38 heavy (non-hydrogen) atoms. The van der Waals surface area contributed by atoms with E-state index >= 15 is 0 Å². The molecule has 2 bridgehead atoms. The number of carbonyl (C=O) groups is 5. The zero-order valence-corrected chi connectivity index (χ0v) is 22.5. The van der Waals surface area contributed by atoms with Gasteiger partial charge in [0, 0.05) is 19.3 Å². The van der Waals surface area contributed by atoms with Crippen molar-refractivity contribution in [1.82, 2.24) is 0 Å². The molecule has 12 heteroatoms. The lowest BCUT2D eigenvalue weighted by Crippen LogP contribution is -2.77. The molecule has 3 aliphatic heterocycles. The highest BCUT2D eigenvalue weighted by molar-refractivity contribution is 6.23. The van der Waals surface area contributed by atoms with Crippen LogP contribution in [0.4, 0.5) is 0 Å². The summed E-state index contributed by atoms with van der Waals surface area (Å²) in [4.78, 5) is 63.1. The Morgan fingerprint density at radius 2 is 1.84 bits per heavy atom. The molecule has 11 nitrogen and oxygen atoms in total. The monoisotopic (exact) mass is 554 g/mol. The quantitative estimate of drug-likeness (QED) is 0.231. The second-order valence-electron chi connectivity index (χ2n) is 10.7. The maximum Gasteiger partial charge on any atom is 0.344 e. The maximum atomic E-state index is 13.4. The molecular formula is C26H31ClO11. The average molecular weight is 555 g/mol. The van der Waals surface area contributed by atoms with Gasteiger partial charge in [-0.3, -0.25) is 19.2 Å². The molecule has 1 spiro atoms. The fourth-order valence-electron chi connectivity index (χ4n) is 6.55. The standard InChI is InChI=1S/C26H31ClO11/c1-11-9-15(30)20-24(5)8-7-16(31)25(6,37-14(4)29)19(24)22(35-17(32)10-34-13(3)28)26(38-20)12(2)23(33)36-21(26)18(11)27/h7-8,12,15,18-22,30H,1,9-10H2,2-6H3. The molecule has 208 valence electrons. The SMILES string of the molecule is C=C1CC(O)C2OC3(C(C)C(=O)OC3C1Cl)C(OC(=O)COC(C)=O)C1C(C)(OC(C)=O)C(=O)C=CC21C. The second-order valence-corrected chi connectivity index (χ2v) is 11.2. The number of aliphatic hydroxyl groups is 1. The third-order valence-electron chi connectivity index (χ3n) is 8.24. The minimum atomic E-state index is -1.91. The first-order chi connectivity index (χ1) is 17.6. The fourth-order valence-corrected chi connectivity index (χ4v) is 6.89. The highest BCUT2D eigenvalue weighted by Crippen LogP contribution is 2.61. The van der Waals surface area contributed by atoms with Gasteiger partial charge in [-0.25, -0.2) is 4.79 Å². The van der Waals surface area contributed by atoms with Crippen molar-refractivity contribution in [2.75, 3.05) is 6.61 Å². The van der Waals surface area contributed by atoms with Crippen molar-refractivity contribution in [2.24, 2.45) is 17.3 Å². The lowest BCUT2D eigenvalue weighted by atomic mass is 9.52. The third-order valence-corrected chi connectivity index (χ3v) is 8.78. The highest BCUT2D eigenvalue weighted by Gasteiger charge is 2.77. The number of carbonyl (C=O) groups excluding carboxylic acids is 5.